The molecule has 6 heteroatoms. The summed E-state index contributed by atoms with van der Waals surface area (Å²) < 4.78 is 5.50. The lowest BCUT2D eigenvalue weighted by molar-refractivity contribution is 0.0955. The molecule has 0 radical (unpaired) electrons. The highest BCUT2D eigenvalue weighted by molar-refractivity contribution is 7.18. The van der Waals surface area contributed by atoms with Crippen molar-refractivity contribution >= 4 is 27.9 Å². The van der Waals surface area contributed by atoms with E-state index in [1.54, 1.807) is 5.01 Å². The molecule has 2 heterocycles. The fourth-order valence-corrected chi connectivity index (χ4v) is 4.36. The maximum absolute atomic E-state index is 12.9. The third-order valence-corrected chi connectivity index (χ3v) is 5.93. The van der Waals surface area contributed by atoms with E-state index in [9.17, 15) is 4.79 Å². The van der Waals surface area contributed by atoms with Crippen LogP contribution in [-0.2, 0) is 4.74 Å². The molecule has 0 unspecified atom stereocenters. The van der Waals surface area contributed by atoms with Gasteiger partial charge in [0.1, 0.15) is 0 Å². The second kappa shape index (κ2) is 8.46. The van der Waals surface area contributed by atoms with Gasteiger partial charge in [-0.25, -0.2) is 0 Å². The quantitative estimate of drug-likeness (QED) is 0.665. The maximum atomic E-state index is 12.9. The standard InChI is InChI=1S/C22H23N3O2S/c1-24(18-10-6-3-7-11-18)23-21(26)20-16-19(17-8-4-2-5-9-17)22(28-20)25-12-14-27-15-13-25/h2-11,16H,12-15H2,1H3,(H,23,26). The Hall–Kier alpha value is -2.83. The van der Waals surface area contributed by atoms with Crippen LogP contribution in [0.25, 0.3) is 11.1 Å². The molecule has 1 aliphatic heterocycles. The van der Waals surface area contributed by atoms with Crippen LogP contribution < -0.4 is 15.3 Å². The number of hydrogen-bond acceptors (Lipinski definition) is 5. The van der Waals surface area contributed by atoms with Crippen molar-refractivity contribution in [2.24, 2.45) is 0 Å². The van der Waals surface area contributed by atoms with E-state index < -0.39 is 0 Å². The van der Waals surface area contributed by atoms with Crippen LogP contribution in [0.1, 0.15) is 9.67 Å². The molecule has 28 heavy (non-hydrogen) atoms. The Morgan fingerprint density at radius 3 is 2.36 bits per heavy atom. The van der Waals surface area contributed by atoms with E-state index in [1.807, 2.05) is 61.6 Å². The van der Waals surface area contributed by atoms with Crippen molar-refractivity contribution in [3.05, 3.63) is 71.6 Å². The second-order valence-corrected chi connectivity index (χ2v) is 7.66. The number of para-hydroxylation sites is 1. The van der Waals surface area contributed by atoms with Crippen LogP contribution in [0.4, 0.5) is 10.7 Å². The zero-order valence-electron chi connectivity index (χ0n) is 15.8. The van der Waals surface area contributed by atoms with Gasteiger partial charge in [-0.2, -0.15) is 0 Å². The zero-order valence-corrected chi connectivity index (χ0v) is 16.6. The number of thiophene rings is 1. The largest absolute Gasteiger partial charge is 0.378 e. The van der Waals surface area contributed by atoms with Gasteiger partial charge in [-0.1, -0.05) is 48.5 Å². The third kappa shape index (κ3) is 4.03. The molecule has 1 aliphatic rings. The summed E-state index contributed by atoms with van der Waals surface area (Å²) >= 11 is 1.54. The number of ether oxygens (including phenoxy) is 1. The van der Waals surface area contributed by atoms with E-state index in [2.05, 4.69) is 22.5 Å². The Morgan fingerprint density at radius 2 is 1.68 bits per heavy atom. The van der Waals surface area contributed by atoms with Gasteiger partial charge >= 0.3 is 0 Å². The molecule has 0 atom stereocenters. The lowest BCUT2D eigenvalue weighted by Gasteiger charge is -2.28. The molecule has 3 aromatic rings. The molecule has 1 amide bonds. The lowest BCUT2D eigenvalue weighted by Crippen LogP contribution is -2.39. The van der Waals surface area contributed by atoms with Crippen molar-refractivity contribution in [3.63, 3.8) is 0 Å². The first-order chi connectivity index (χ1) is 13.7. The van der Waals surface area contributed by atoms with Gasteiger partial charge in [-0.05, 0) is 23.8 Å². The molecule has 1 saturated heterocycles. The topological polar surface area (TPSA) is 44.8 Å². The minimum absolute atomic E-state index is 0.104. The Morgan fingerprint density at radius 1 is 1.04 bits per heavy atom. The van der Waals surface area contributed by atoms with E-state index >= 15 is 0 Å². The van der Waals surface area contributed by atoms with E-state index in [0.717, 1.165) is 34.9 Å². The number of carbonyl (C=O) groups excluding carboxylic acids is 1. The summed E-state index contributed by atoms with van der Waals surface area (Å²) in [5.74, 6) is -0.104. The lowest BCUT2D eigenvalue weighted by atomic mass is 10.1. The molecule has 1 fully saturated rings. The van der Waals surface area contributed by atoms with Crippen molar-refractivity contribution in [2.45, 2.75) is 0 Å². The Balaban J connectivity index is 1.62. The van der Waals surface area contributed by atoms with Crippen LogP contribution in [0.15, 0.2) is 66.7 Å². The third-order valence-electron chi connectivity index (χ3n) is 4.73. The van der Waals surface area contributed by atoms with Crippen molar-refractivity contribution in [1.82, 2.24) is 5.43 Å². The zero-order chi connectivity index (χ0) is 19.3. The normalized spacial score (nSPS) is 14.0. The van der Waals surface area contributed by atoms with E-state index in [0.29, 0.717) is 18.1 Å². The summed E-state index contributed by atoms with van der Waals surface area (Å²) in [4.78, 5) is 15.9. The second-order valence-electron chi connectivity index (χ2n) is 6.63. The molecular formula is C22H23N3O2S. The number of carbonyl (C=O) groups is 1. The van der Waals surface area contributed by atoms with Crippen LogP contribution in [0.5, 0.6) is 0 Å². The van der Waals surface area contributed by atoms with E-state index in [1.165, 1.54) is 11.3 Å². The monoisotopic (exact) mass is 393 g/mol. The Bertz CT molecular complexity index is 921. The van der Waals surface area contributed by atoms with Gasteiger partial charge < -0.3 is 9.64 Å². The predicted molar refractivity (Wildman–Crippen MR) is 115 cm³/mol. The number of nitrogens with one attached hydrogen (secondary N) is 1. The first kappa shape index (κ1) is 18.5. The predicted octanol–water partition coefficient (Wildman–Crippen LogP) is 4.03. The minimum Gasteiger partial charge on any atom is -0.378 e. The van der Waals surface area contributed by atoms with E-state index in [-0.39, 0.29) is 5.91 Å². The molecule has 4 rings (SSSR count). The summed E-state index contributed by atoms with van der Waals surface area (Å²) in [7, 11) is 1.85. The molecule has 0 spiro atoms. The molecule has 1 N–H and O–H groups in total. The number of hydrogen-bond donors (Lipinski definition) is 1. The molecule has 144 valence electrons. The van der Waals surface area contributed by atoms with E-state index in [4.69, 9.17) is 4.74 Å². The highest BCUT2D eigenvalue weighted by Crippen LogP contribution is 2.39. The van der Waals surface area contributed by atoms with Gasteiger partial charge in [-0.15, -0.1) is 11.3 Å². The average molecular weight is 394 g/mol. The number of anilines is 2. The average Bonchev–Trinajstić information content (AvgIpc) is 3.21. The summed E-state index contributed by atoms with van der Waals surface area (Å²) in [6.45, 7) is 3.10. The van der Waals surface area contributed by atoms with Gasteiger partial charge in [0, 0.05) is 25.7 Å². The molecular weight excluding hydrogens is 370 g/mol. The fraction of sp³-hybridized carbons (Fsp3) is 0.227. The van der Waals surface area contributed by atoms with Crippen molar-refractivity contribution in [1.29, 1.82) is 0 Å². The van der Waals surface area contributed by atoms with Gasteiger partial charge in [0.15, 0.2) is 0 Å². The van der Waals surface area contributed by atoms with Crippen molar-refractivity contribution in [2.75, 3.05) is 43.3 Å². The van der Waals surface area contributed by atoms with Crippen LogP contribution >= 0.6 is 11.3 Å². The minimum atomic E-state index is -0.104. The van der Waals surface area contributed by atoms with Gasteiger partial charge in [-0.3, -0.25) is 15.2 Å². The number of morpholine rings is 1. The Labute approximate surface area is 169 Å². The first-order valence-corrected chi connectivity index (χ1v) is 10.2. The summed E-state index contributed by atoms with van der Waals surface area (Å²) in [6, 6.07) is 22.0. The van der Waals surface area contributed by atoms with Crippen LogP contribution in [0, 0.1) is 0 Å². The smallest absolute Gasteiger partial charge is 0.279 e. The molecule has 0 aliphatic carbocycles. The molecule has 1 aromatic heterocycles. The summed E-state index contributed by atoms with van der Waals surface area (Å²) in [6.07, 6.45) is 0. The van der Waals surface area contributed by atoms with Crippen molar-refractivity contribution < 1.29 is 9.53 Å². The molecule has 0 saturated carbocycles. The highest BCUT2D eigenvalue weighted by atomic mass is 32.1. The molecule has 2 aromatic carbocycles. The first-order valence-electron chi connectivity index (χ1n) is 9.34. The number of hydrazine groups is 1. The van der Waals surface area contributed by atoms with Crippen molar-refractivity contribution in [3.8, 4) is 11.1 Å². The van der Waals surface area contributed by atoms with Gasteiger partial charge in [0.05, 0.1) is 28.8 Å². The number of nitrogens with zero attached hydrogens (tertiary/aromatic N) is 2. The number of benzene rings is 2. The molecule has 5 nitrogen and oxygen atoms in total. The van der Waals surface area contributed by atoms with Crippen LogP contribution in [-0.4, -0.2) is 39.3 Å². The summed E-state index contributed by atoms with van der Waals surface area (Å²) in [5, 5.41) is 2.88. The number of rotatable bonds is 5. The number of amides is 1. The van der Waals surface area contributed by atoms with Gasteiger partial charge in [0.25, 0.3) is 5.91 Å². The highest BCUT2D eigenvalue weighted by Gasteiger charge is 2.22. The van der Waals surface area contributed by atoms with Crippen LogP contribution in [0.3, 0.4) is 0 Å². The summed E-state index contributed by atoms with van der Waals surface area (Å²) in [5.41, 5.74) is 6.12. The molecule has 0 bridgehead atoms. The van der Waals surface area contributed by atoms with Gasteiger partial charge in [0.2, 0.25) is 0 Å². The van der Waals surface area contributed by atoms with Crippen LogP contribution in [0.2, 0.25) is 0 Å². The SMILES string of the molecule is CN(NC(=O)c1cc(-c2ccccc2)c(N2CCOCC2)s1)c1ccccc1. The fourth-order valence-electron chi connectivity index (χ4n) is 3.24. The maximum Gasteiger partial charge on any atom is 0.279 e. The Kier molecular flexibility index (Phi) is 5.60.